The summed E-state index contributed by atoms with van der Waals surface area (Å²) in [5.41, 5.74) is 0. The Bertz CT molecular complexity index is 117. The minimum atomic E-state index is -0.767. The van der Waals surface area contributed by atoms with E-state index in [2.05, 4.69) is 5.32 Å². The zero-order valence-corrected chi connectivity index (χ0v) is 8.22. The Kier molecular flexibility index (Phi) is 7.89. The number of likely N-dealkylation sites (N-methyl/N-ethyl adjacent to an activating group) is 1. The van der Waals surface area contributed by atoms with Crippen molar-refractivity contribution in [3.05, 3.63) is 0 Å². The zero-order valence-electron chi connectivity index (χ0n) is 7.22. The summed E-state index contributed by atoms with van der Waals surface area (Å²) in [7, 11) is 1.67. The third kappa shape index (κ3) is 6.19. The second kappa shape index (κ2) is 6.49. The molecule has 0 aliphatic carbocycles. The summed E-state index contributed by atoms with van der Waals surface area (Å²) in [6, 6.07) is -0.389. The van der Waals surface area contributed by atoms with Gasteiger partial charge in [-0.25, -0.2) is 0 Å². The molecule has 0 rings (SSSR count). The molecular formula is C7H17NO2S. The van der Waals surface area contributed by atoms with Crippen molar-refractivity contribution >= 4 is 19.5 Å². The Balaban J connectivity index is 0. The Hall–Kier alpha value is -0.220. The van der Waals surface area contributed by atoms with Crippen LogP contribution in [0.2, 0.25) is 0 Å². The zero-order chi connectivity index (χ0) is 8.15. The fourth-order valence-electron chi connectivity index (χ4n) is 0.814. The molecule has 0 saturated carbocycles. The number of carboxylic acids is 1. The van der Waals surface area contributed by atoms with E-state index in [1.165, 1.54) is 0 Å². The van der Waals surface area contributed by atoms with Gasteiger partial charge in [0.25, 0.3) is 0 Å². The molecule has 0 radical (unpaired) electrons. The molecule has 0 bridgehead atoms. The third-order valence-corrected chi connectivity index (χ3v) is 1.35. The lowest BCUT2D eigenvalue weighted by Crippen LogP contribution is -2.34. The van der Waals surface area contributed by atoms with E-state index in [9.17, 15) is 4.79 Å². The molecule has 0 aromatic carbocycles. The normalized spacial score (nSPS) is 12.4. The van der Waals surface area contributed by atoms with Crippen LogP contribution in [0, 0.1) is 5.92 Å². The maximum atomic E-state index is 10.4. The number of hydrogen-bond acceptors (Lipinski definition) is 2. The van der Waals surface area contributed by atoms with Crippen molar-refractivity contribution in [3.8, 4) is 0 Å². The molecule has 2 N–H and O–H groups in total. The molecule has 0 heterocycles. The van der Waals surface area contributed by atoms with Gasteiger partial charge in [-0.05, 0) is 19.4 Å². The molecule has 0 aliphatic heterocycles. The van der Waals surface area contributed by atoms with E-state index < -0.39 is 5.97 Å². The largest absolute Gasteiger partial charge is 0.480 e. The first-order valence-electron chi connectivity index (χ1n) is 3.48. The van der Waals surface area contributed by atoms with Crippen LogP contribution in [-0.2, 0) is 4.79 Å². The number of rotatable bonds is 4. The van der Waals surface area contributed by atoms with Gasteiger partial charge in [0, 0.05) is 0 Å². The minimum Gasteiger partial charge on any atom is -0.480 e. The van der Waals surface area contributed by atoms with Gasteiger partial charge in [0.1, 0.15) is 6.04 Å². The second-order valence-electron chi connectivity index (χ2n) is 2.81. The van der Waals surface area contributed by atoms with Gasteiger partial charge in [0.05, 0.1) is 0 Å². The highest BCUT2D eigenvalue weighted by Crippen LogP contribution is 2.03. The first-order valence-corrected chi connectivity index (χ1v) is 3.48. The van der Waals surface area contributed by atoms with Crippen molar-refractivity contribution in [2.24, 2.45) is 5.92 Å². The van der Waals surface area contributed by atoms with E-state index in [4.69, 9.17) is 5.11 Å². The van der Waals surface area contributed by atoms with Crippen LogP contribution in [0.4, 0.5) is 0 Å². The van der Waals surface area contributed by atoms with E-state index >= 15 is 0 Å². The fourth-order valence-corrected chi connectivity index (χ4v) is 0.814. The second-order valence-corrected chi connectivity index (χ2v) is 2.81. The van der Waals surface area contributed by atoms with E-state index in [-0.39, 0.29) is 19.5 Å². The fraction of sp³-hybridized carbons (Fsp3) is 0.857. The summed E-state index contributed by atoms with van der Waals surface area (Å²) in [6.07, 6.45) is 0.686. The van der Waals surface area contributed by atoms with Crippen molar-refractivity contribution < 1.29 is 9.90 Å². The minimum absolute atomic E-state index is 0. The third-order valence-electron chi connectivity index (χ3n) is 1.35. The Morgan fingerprint density at radius 2 is 2.00 bits per heavy atom. The lowest BCUT2D eigenvalue weighted by molar-refractivity contribution is -0.139. The first kappa shape index (κ1) is 13.4. The molecule has 0 fully saturated rings. The van der Waals surface area contributed by atoms with Crippen molar-refractivity contribution in [3.63, 3.8) is 0 Å². The van der Waals surface area contributed by atoms with Gasteiger partial charge in [-0.15, -0.1) is 0 Å². The Labute approximate surface area is 74.6 Å². The first-order chi connectivity index (χ1) is 4.57. The Morgan fingerprint density at radius 3 is 2.09 bits per heavy atom. The highest BCUT2D eigenvalue weighted by atomic mass is 32.1. The van der Waals surface area contributed by atoms with Gasteiger partial charge in [-0.1, -0.05) is 13.8 Å². The van der Waals surface area contributed by atoms with Gasteiger partial charge in [-0.3, -0.25) is 4.79 Å². The van der Waals surface area contributed by atoms with Crippen molar-refractivity contribution in [2.45, 2.75) is 26.3 Å². The molecule has 11 heavy (non-hydrogen) atoms. The molecule has 0 unspecified atom stereocenters. The van der Waals surface area contributed by atoms with Crippen molar-refractivity contribution in [1.82, 2.24) is 5.32 Å². The summed E-state index contributed by atoms with van der Waals surface area (Å²) < 4.78 is 0. The quantitative estimate of drug-likeness (QED) is 0.671. The topological polar surface area (TPSA) is 49.3 Å². The van der Waals surface area contributed by atoms with Crippen LogP contribution in [0.5, 0.6) is 0 Å². The van der Waals surface area contributed by atoms with Gasteiger partial charge in [0.2, 0.25) is 0 Å². The summed E-state index contributed by atoms with van der Waals surface area (Å²) in [4.78, 5) is 10.4. The molecule has 0 aromatic rings. The highest BCUT2D eigenvalue weighted by Gasteiger charge is 2.15. The molecule has 0 aromatic heterocycles. The molecular weight excluding hydrogens is 162 g/mol. The Morgan fingerprint density at radius 1 is 1.55 bits per heavy atom. The van der Waals surface area contributed by atoms with Crippen LogP contribution in [-0.4, -0.2) is 24.2 Å². The molecule has 68 valence electrons. The maximum Gasteiger partial charge on any atom is 0.320 e. The average Bonchev–Trinajstić information content (AvgIpc) is 1.81. The standard InChI is InChI=1S/C7H15NO2.H2S/c1-5(2)4-6(8-3)7(9)10;/h5-6,8H,4H2,1-3H3,(H,9,10);1H2/t6-;/m0./s1. The number of hydrogen-bond donors (Lipinski definition) is 2. The molecule has 0 amide bonds. The van der Waals surface area contributed by atoms with Crippen LogP contribution in [0.1, 0.15) is 20.3 Å². The van der Waals surface area contributed by atoms with Crippen molar-refractivity contribution in [2.75, 3.05) is 7.05 Å². The summed E-state index contributed by atoms with van der Waals surface area (Å²) in [5, 5.41) is 11.3. The highest BCUT2D eigenvalue weighted by molar-refractivity contribution is 7.59. The monoisotopic (exact) mass is 179 g/mol. The van der Waals surface area contributed by atoms with E-state index in [0.717, 1.165) is 0 Å². The van der Waals surface area contributed by atoms with E-state index in [1.54, 1.807) is 7.05 Å². The van der Waals surface area contributed by atoms with E-state index in [0.29, 0.717) is 12.3 Å². The molecule has 4 heteroatoms. The predicted molar refractivity (Wildman–Crippen MR) is 50.3 cm³/mol. The number of carboxylic acid groups (broad SMARTS) is 1. The number of aliphatic carboxylic acids is 1. The molecule has 0 aliphatic rings. The van der Waals surface area contributed by atoms with Crippen LogP contribution < -0.4 is 5.32 Å². The molecule has 0 saturated heterocycles. The summed E-state index contributed by atoms with van der Waals surface area (Å²) in [6.45, 7) is 4.01. The van der Waals surface area contributed by atoms with Crippen LogP contribution >= 0.6 is 13.5 Å². The average molecular weight is 179 g/mol. The summed E-state index contributed by atoms with van der Waals surface area (Å²) in [5.74, 6) is -0.343. The van der Waals surface area contributed by atoms with Crippen LogP contribution in [0.25, 0.3) is 0 Å². The number of nitrogens with one attached hydrogen (secondary N) is 1. The van der Waals surface area contributed by atoms with Crippen molar-refractivity contribution in [1.29, 1.82) is 0 Å². The maximum absolute atomic E-state index is 10.4. The van der Waals surface area contributed by atoms with Gasteiger partial charge in [0.15, 0.2) is 0 Å². The smallest absolute Gasteiger partial charge is 0.320 e. The molecule has 1 atom stereocenters. The summed E-state index contributed by atoms with van der Waals surface area (Å²) >= 11 is 0. The van der Waals surface area contributed by atoms with Crippen LogP contribution in [0.3, 0.4) is 0 Å². The van der Waals surface area contributed by atoms with Crippen LogP contribution in [0.15, 0.2) is 0 Å². The lowest BCUT2D eigenvalue weighted by atomic mass is 10.0. The molecule has 0 spiro atoms. The van der Waals surface area contributed by atoms with Gasteiger partial charge >= 0.3 is 5.97 Å². The number of carbonyl (C=O) groups is 1. The lowest BCUT2D eigenvalue weighted by Gasteiger charge is -2.12. The predicted octanol–water partition coefficient (Wildman–Crippen LogP) is 0.818. The molecule has 3 nitrogen and oxygen atoms in total. The van der Waals surface area contributed by atoms with E-state index in [1.807, 2.05) is 13.8 Å². The SMILES string of the molecule is CN[C@@H](CC(C)C)C(=O)O.S. The van der Waals surface area contributed by atoms with Gasteiger partial charge < -0.3 is 10.4 Å². The van der Waals surface area contributed by atoms with Gasteiger partial charge in [-0.2, -0.15) is 13.5 Å².